The van der Waals surface area contributed by atoms with E-state index in [-0.39, 0.29) is 17.5 Å². The summed E-state index contributed by atoms with van der Waals surface area (Å²) in [5.74, 6) is -0.277. The summed E-state index contributed by atoms with van der Waals surface area (Å²) in [5.41, 5.74) is 6.30. The Morgan fingerprint density at radius 3 is 2.93 bits per heavy atom. The average Bonchev–Trinajstić information content (AvgIpc) is 2.22. The summed E-state index contributed by atoms with van der Waals surface area (Å²) in [6.45, 7) is 0.464. The fraction of sp³-hybridized carbons (Fsp3) is 0.300. The standard InChI is InChI=1S/C10H13ClN2O2/c11-9-7(3-1-4-8(9)12)10(15)13-5-2-6-14/h1,3-4,14H,2,5-6,12H2,(H,13,15). The molecule has 82 valence electrons. The predicted octanol–water partition coefficient (Wildman–Crippen LogP) is 1.03. The molecule has 4 N–H and O–H groups in total. The highest BCUT2D eigenvalue weighted by Gasteiger charge is 2.10. The third-order valence-electron chi connectivity index (χ3n) is 1.89. The lowest BCUT2D eigenvalue weighted by Crippen LogP contribution is -2.25. The van der Waals surface area contributed by atoms with Crippen LogP contribution in [0.4, 0.5) is 5.69 Å². The molecular weight excluding hydrogens is 216 g/mol. The summed E-state index contributed by atoms with van der Waals surface area (Å²) < 4.78 is 0. The zero-order valence-corrected chi connectivity index (χ0v) is 8.92. The average molecular weight is 229 g/mol. The van der Waals surface area contributed by atoms with Gasteiger partial charge >= 0.3 is 0 Å². The molecule has 1 rings (SSSR count). The van der Waals surface area contributed by atoms with Gasteiger partial charge in [-0.3, -0.25) is 4.79 Å². The molecule has 0 saturated heterocycles. The van der Waals surface area contributed by atoms with Crippen LogP contribution >= 0.6 is 11.6 Å². The lowest BCUT2D eigenvalue weighted by molar-refractivity contribution is 0.0951. The number of halogens is 1. The maximum absolute atomic E-state index is 11.6. The van der Waals surface area contributed by atoms with Gasteiger partial charge in [0.25, 0.3) is 5.91 Å². The third kappa shape index (κ3) is 3.11. The maximum atomic E-state index is 11.6. The van der Waals surface area contributed by atoms with E-state index in [0.29, 0.717) is 24.2 Å². The lowest BCUT2D eigenvalue weighted by Gasteiger charge is -2.07. The van der Waals surface area contributed by atoms with Gasteiger partial charge in [-0.1, -0.05) is 17.7 Å². The Hall–Kier alpha value is -1.26. The van der Waals surface area contributed by atoms with E-state index in [1.807, 2.05) is 0 Å². The molecule has 0 aromatic heterocycles. The number of carbonyl (C=O) groups is 1. The monoisotopic (exact) mass is 228 g/mol. The lowest BCUT2D eigenvalue weighted by atomic mass is 10.2. The van der Waals surface area contributed by atoms with Gasteiger partial charge in [0.2, 0.25) is 0 Å². The largest absolute Gasteiger partial charge is 0.398 e. The number of aliphatic hydroxyl groups is 1. The molecule has 4 nitrogen and oxygen atoms in total. The number of aliphatic hydroxyl groups excluding tert-OH is 1. The first-order chi connectivity index (χ1) is 7.16. The van der Waals surface area contributed by atoms with Crippen LogP contribution in [0.15, 0.2) is 18.2 Å². The fourth-order valence-corrected chi connectivity index (χ4v) is 1.31. The SMILES string of the molecule is Nc1cccc(C(=O)NCCCO)c1Cl. The molecule has 5 heteroatoms. The number of carbonyl (C=O) groups excluding carboxylic acids is 1. The Morgan fingerprint density at radius 2 is 2.27 bits per heavy atom. The molecule has 1 amide bonds. The van der Waals surface area contributed by atoms with Crippen molar-refractivity contribution in [3.63, 3.8) is 0 Å². The molecule has 0 bridgehead atoms. The number of hydrogen-bond donors (Lipinski definition) is 3. The van der Waals surface area contributed by atoms with Gasteiger partial charge in [0.15, 0.2) is 0 Å². The summed E-state index contributed by atoms with van der Waals surface area (Å²) in [4.78, 5) is 11.6. The number of benzene rings is 1. The van der Waals surface area contributed by atoms with E-state index < -0.39 is 0 Å². The molecule has 0 atom stereocenters. The van der Waals surface area contributed by atoms with E-state index >= 15 is 0 Å². The van der Waals surface area contributed by atoms with Crippen molar-refractivity contribution >= 4 is 23.2 Å². The molecule has 0 spiro atoms. The van der Waals surface area contributed by atoms with E-state index in [1.165, 1.54) is 0 Å². The van der Waals surface area contributed by atoms with Crippen LogP contribution in [0.1, 0.15) is 16.8 Å². The number of nitrogens with two attached hydrogens (primary N) is 1. The first kappa shape index (κ1) is 11.8. The van der Waals surface area contributed by atoms with Crippen molar-refractivity contribution in [3.8, 4) is 0 Å². The van der Waals surface area contributed by atoms with Gasteiger partial charge < -0.3 is 16.2 Å². The second-order valence-corrected chi connectivity index (χ2v) is 3.42. The summed E-state index contributed by atoms with van der Waals surface area (Å²) in [7, 11) is 0. The fourth-order valence-electron chi connectivity index (χ4n) is 1.10. The van der Waals surface area contributed by atoms with E-state index in [9.17, 15) is 4.79 Å². The minimum atomic E-state index is -0.277. The third-order valence-corrected chi connectivity index (χ3v) is 2.32. The second kappa shape index (κ2) is 5.58. The van der Waals surface area contributed by atoms with Crippen LogP contribution in [0.25, 0.3) is 0 Å². The van der Waals surface area contributed by atoms with Crippen LogP contribution in [0.3, 0.4) is 0 Å². The molecular formula is C10H13ClN2O2. The summed E-state index contributed by atoms with van der Waals surface area (Å²) >= 11 is 5.87. The van der Waals surface area contributed by atoms with Crippen molar-refractivity contribution < 1.29 is 9.90 Å². The smallest absolute Gasteiger partial charge is 0.252 e. The van der Waals surface area contributed by atoms with Gasteiger partial charge in [0.05, 0.1) is 16.3 Å². The molecule has 1 aromatic rings. The summed E-state index contributed by atoms with van der Waals surface area (Å²) in [6, 6.07) is 4.90. The van der Waals surface area contributed by atoms with Crippen molar-refractivity contribution in [2.75, 3.05) is 18.9 Å². The molecule has 0 unspecified atom stereocenters. The van der Waals surface area contributed by atoms with Crippen LogP contribution in [-0.4, -0.2) is 24.2 Å². The highest BCUT2D eigenvalue weighted by molar-refractivity contribution is 6.36. The molecule has 15 heavy (non-hydrogen) atoms. The Bertz CT molecular complexity index is 355. The molecule has 0 saturated carbocycles. The molecule has 0 heterocycles. The van der Waals surface area contributed by atoms with E-state index in [0.717, 1.165) is 0 Å². The molecule has 0 fully saturated rings. The number of anilines is 1. The molecule has 0 radical (unpaired) electrons. The normalized spacial score (nSPS) is 10.0. The summed E-state index contributed by atoms with van der Waals surface area (Å²) in [5, 5.41) is 11.4. The minimum Gasteiger partial charge on any atom is -0.398 e. The van der Waals surface area contributed by atoms with E-state index in [4.69, 9.17) is 22.4 Å². The number of nitrogen functional groups attached to an aromatic ring is 1. The van der Waals surface area contributed by atoms with Gasteiger partial charge in [-0.2, -0.15) is 0 Å². The van der Waals surface area contributed by atoms with Crippen LogP contribution < -0.4 is 11.1 Å². The number of amides is 1. The number of rotatable bonds is 4. The van der Waals surface area contributed by atoms with E-state index in [1.54, 1.807) is 18.2 Å². The second-order valence-electron chi connectivity index (χ2n) is 3.04. The molecule has 0 aliphatic carbocycles. The van der Waals surface area contributed by atoms with Gasteiger partial charge in [-0.15, -0.1) is 0 Å². The van der Waals surface area contributed by atoms with Gasteiger partial charge in [0.1, 0.15) is 0 Å². The van der Waals surface area contributed by atoms with Crippen molar-refractivity contribution in [1.29, 1.82) is 0 Å². The zero-order valence-electron chi connectivity index (χ0n) is 8.16. The first-order valence-electron chi connectivity index (χ1n) is 4.60. The molecule has 0 aliphatic heterocycles. The highest BCUT2D eigenvalue weighted by Crippen LogP contribution is 2.22. The topological polar surface area (TPSA) is 75.4 Å². The van der Waals surface area contributed by atoms with Gasteiger partial charge in [-0.05, 0) is 18.6 Å². The predicted molar refractivity (Wildman–Crippen MR) is 59.9 cm³/mol. The summed E-state index contributed by atoms with van der Waals surface area (Å²) in [6.07, 6.45) is 0.520. The Kier molecular flexibility index (Phi) is 4.39. The van der Waals surface area contributed by atoms with Crippen LogP contribution in [0.5, 0.6) is 0 Å². The van der Waals surface area contributed by atoms with Crippen LogP contribution in [0.2, 0.25) is 5.02 Å². The van der Waals surface area contributed by atoms with Crippen LogP contribution in [0, 0.1) is 0 Å². The Labute approximate surface area is 93.0 Å². The number of nitrogens with one attached hydrogen (secondary N) is 1. The number of hydrogen-bond acceptors (Lipinski definition) is 3. The highest BCUT2D eigenvalue weighted by atomic mass is 35.5. The van der Waals surface area contributed by atoms with Crippen molar-refractivity contribution in [2.24, 2.45) is 0 Å². The molecule has 1 aromatic carbocycles. The van der Waals surface area contributed by atoms with E-state index in [2.05, 4.69) is 5.32 Å². The Balaban J connectivity index is 2.69. The van der Waals surface area contributed by atoms with Crippen molar-refractivity contribution in [2.45, 2.75) is 6.42 Å². The Morgan fingerprint density at radius 1 is 1.53 bits per heavy atom. The maximum Gasteiger partial charge on any atom is 0.252 e. The van der Waals surface area contributed by atoms with Crippen molar-refractivity contribution in [1.82, 2.24) is 5.32 Å². The zero-order chi connectivity index (χ0) is 11.3. The van der Waals surface area contributed by atoms with Gasteiger partial charge in [-0.25, -0.2) is 0 Å². The molecule has 0 aliphatic rings. The van der Waals surface area contributed by atoms with Gasteiger partial charge in [0, 0.05) is 13.2 Å². The quantitative estimate of drug-likeness (QED) is 0.532. The first-order valence-corrected chi connectivity index (χ1v) is 4.97. The minimum absolute atomic E-state index is 0.0466. The van der Waals surface area contributed by atoms with Crippen molar-refractivity contribution in [3.05, 3.63) is 28.8 Å². The van der Waals surface area contributed by atoms with Crippen LogP contribution in [-0.2, 0) is 0 Å².